The Bertz CT molecular complexity index is 490. The highest BCUT2D eigenvalue weighted by molar-refractivity contribution is 7.15. The maximum Gasteiger partial charge on any atom is 0.185 e. The van der Waals surface area contributed by atoms with Crippen molar-refractivity contribution in [3.63, 3.8) is 0 Å². The lowest BCUT2D eigenvalue weighted by Gasteiger charge is -2.34. The molecule has 2 aliphatic carbocycles. The Labute approximate surface area is 133 Å². The summed E-state index contributed by atoms with van der Waals surface area (Å²) in [6.07, 6.45) is 6.58. The van der Waals surface area contributed by atoms with E-state index >= 15 is 0 Å². The molecule has 0 saturated heterocycles. The average molecular weight is 308 g/mol. The van der Waals surface area contributed by atoms with Gasteiger partial charge in [0, 0.05) is 24.0 Å². The molecule has 0 radical (unpaired) electrons. The van der Waals surface area contributed by atoms with Crippen molar-refractivity contribution in [3.05, 3.63) is 10.6 Å². The van der Waals surface area contributed by atoms with E-state index in [4.69, 9.17) is 4.98 Å². The number of anilines is 1. The van der Waals surface area contributed by atoms with Gasteiger partial charge < -0.3 is 10.2 Å². The van der Waals surface area contributed by atoms with Gasteiger partial charge in [0.05, 0.1) is 5.69 Å². The van der Waals surface area contributed by atoms with Gasteiger partial charge in [-0.15, -0.1) is 0 Å². The van der Waals surface area contributed by atoms with Gasteiger partial charge in [-0.05, 0) is 51.0 Å². The number of hydrogen-bond donors (Lipinski definition) is 1. The lowest BCUT2D eigenvalue weighted by Crippen LogP contribution is -2.32. The topological polar surface area (TPSA) is 28.2 Å². The minimum atomic E-state index is 0.358. The standard InChI is InChI=1S/C17H29N3S/c1-5-20(11-12-7-6-8-12)16-19-14-10-17(2,3)9-13(18-4)15(14)21-16/h12-13,18H,5-11H2,1-4H3. The highest BCUT2D eigenvalue weighted by Gasteiger charge is 2.35. The number of hydrogen-bond acceptors (Lipinski definition) is 4. The molecule has 1 atom stereocenters. The molecule has 1 saturated carbocycles. The lowest BCUT2D eigenvalue weighted by molar-refractivity contribution is 0.265. The molecular weight excluding hydrogens is 278 g/mol. The van der Waals surface area contributed by atoms with E-state index in [2.05, 4.69) is 38.0 Å². The Morgan fingerprint density at radius 1 is 1.38 bits per heavy atom. The lowest BCUT2D eigenvalue weighted by atomic mass is 9.76. The number of aromatic nitrogens is 1. The van der Waals surface area contributed by atoms with Gasteiger partial charge in [-0.2, -0.15) is 0 Å². The summed E-state index contributed by atoms with van der Waals surface area (Å²) in [5, 5.41) is 4.76. The second kappa shape index (κ2) is 5.88. The zero-order valence-corrected chi connectivity index (χ0v) is 14.7. The van der Waals surface area contributed by atoms with E-state index in [-0.39, 0.29) is 0 Å². The fourth-order valence-electron chi connectivity index (χ4n) is 3.62. The summed E-state index contributed by atoms with van der Waals surface area (Å²) < 4.78 is 0. The first-order valence-electron chi connectivity index (χ1n) is 8.44. The highest BCUT2D eigenvalue weighted by Crippen LogP contribution is 2.44. The first-order valence-corrected chi connectivity index (χ1v) is 9.26. The predicted octanol–water partition coefficient (Wildman–Crippen LogP) is 4.00. The monoisotopic (exact) mass is 307 g/mol. The van der Waals surface area contributed by atoms with E-state index in [0.717, 1.165) is 18.9 Å². The van der Waals surface area contributed by atoms with Crippen LogP contribution in [0, 0.1) is 11.3 Å². The number of thiazole rings is 1. The third-order valence-corrected chi connectivity index (χ3v) is 6.41. The minimum Gasteiger partial charge on any atom is -0.348 e. The number of rotatable bonds is 5. The van der Waals surface area contributed by atoms with Crippen molar-refractivity contribution in [2.24, 2.45) is 11.3 Å². The molecule has 118 valence electrons. The first-order chi connectivity index (χ1) is 10.0. The van der Waals surface area contributed by atoms with E-state index in [1.54, 1.807) is 0 Å². The van der Waals surface area contributed by atoms with Gasteiger partial charge in [0.15, 0.2) is 5.13 Å². The summed E-state index contributed by atoms with van der Waals surface area (Å²) in [5.41, 5.74) is 1.70. The van der Waals surface area contributed by atoms with Crippen LogP contribution in [0.2, 0.25) is 0 Å². The molecule has 1 N–H and O–H groups in total. The normalized spacial score (nSPS) is 24.5. The van der Waals surface area contributed by atoms with Crippen LogP contribution in [0.25, 0.3) is 0 Å². The largest absolute Gasteiger partial charge is 0.348 e. The van der Waals surface area contributed by atoms with Gasteiger partial charge in [-0.1, -0.05) is 31.6 Å². The zero-order chi connectivity index (χ0) is 15.0. The van der Waals surface area contributed by atoms with Crippen LogP contribution in [0.4, 0.5) is 5.13 Å². The third kappa shape index (κ3) is 3.11. The van der Waals surface area contributed by atoms with Gasteiger partial charge in [0.2, 0.25) is 0 Å². The van der Waals surface area contributed by atoms with Gasteiger partial charge in [-0.3, -0.25) is 0 Å². The van der Waals surface area contributed by atoms with E-state index in [1.165, 1.54) is 47.9 Å². The number of nitrogens with zero attached hydrogens (tertiary/aromatic N) is 2. The van der Waals surface area contributed by atoms with Crippen molar-refractivity contribution in [1.82, 2.24) is 10.3 Å². The molecule has 2 aliphatic rings. The molecule has 1 fully saturated rings. The van der Waals surface area contributed by atoms with Crippen molar-refractivity contribution in [2.75, 3.05) is 25.0 Å². The molecular formula is C17H29N3S. The van der Waals surface area contributed by atoms with Crippen LogP contribution < -0.4 is 10.2 Å². The summed E-state index contributed by atoms with van der Waals surface area (Å²) in [5.74, 6) is 0.905. The van der Waals surface area contributed by atoms with Gasteiger partial charge >= 0.3 is 0 Å². The quantitative estimate of drug-likeness (QED) is 0.891. The van der Waals surface area contributed by atoms with Crippen LogP contribution in [0.1, 0.15) is 63.1 Å². The average Bonchev–Trinajstić information content (AvgIpc) is 2.78. The minimum absolute atomic E-state index is 0.358. The number of nitrogens with one attached hydrogen (secondary N) is 1. The fourth-order valence-corrected chi connectivity index (χ4v) is 4.88. The van der Waals surface area contributed by atoms with Crippen LogP contribution in [0.3, 0.4) is 0 Å². The zero-order valence-electron chi connectivity index (χ0n) is 13.9. The molecule has 0 bridgehead atoms. The Morgan fingerprint density at radius 3 is 2.71 bits per heavy atom. The first kappa shape index (κ1) is 15.3. The number of fused-ring (bicyclic) bond motifs is 1. The second-order valence-electron chi connectivity index (χ2n) is 7.53. The van der Waals surface area contributed by atoms with E-state index < -0.39 is 0 Å². The van der Waals surface area contributed by atoms with Crippen LogP contribution in [-0.2, 0) is 6.42 Å². The Hall–Kier alpha value is -0.610. The summed E-state index contributed by atoms with van der Waals surface area (Å²) in [4.78, 5) is 9.02. The van der Waals surface area contributed by atoms with Crippen LogP contribution >= 0.6 is 11.3 Å². The molecule has 3 nitrogen and oxygen atoms in total. The Morgan fingerprint density at radius 2 is 2.14 bits per heavy atom. The van der Waals surface area contributed by atoms with E-state index in [1.807, 2.05) is 11.3 Å². The third-order valence-electron chi connectivity index (χ3n) is 5.14. The van der Waals surface area contributed by atoms with Gasteiger partial charge in [0.25, 0.3) is 0 Å². The molecule has 21 heavy (non-hydrogen) atoms. The van der Waals surface area contributed by atoms with E-state index in [0.29, 0.717) is 11.5 Å². The molecule has 1 aromatic rings. The summed E-state index contributed by atoms with van der Waals surface area (Å²) in [6, 6.07) is 0.484. The molecule has 0 aromatic carbocycles. The Kier molecular flexibility index (Phi) is 4.28. The molecule has 1 aromatic heterocycles. The maximum atomic E-state index is 5.03. The van der Waals surface area contributed by atoms with Gasteiger partial charge in [0.1, 0.15) is 0 Å². The fraction of sp³-hybridized carbons (Fsp3) is 0.824. The van der Waals surface area contributed by atoms with Crippen LogP contribution in [0.15, 0.2) is 0 Å². The predicted molar refractivity (Wildman–Crippen MR) is 91.2 cm³/mol. The summed E-state index contributed by atoms with van der Waals surface area (Å²) in [7, 11) is 2.08. The van der Waals surface area contributed by atoms with Crippen molar-refractivity contribution < 1.29 is 0 Å². The summed E-state index contributed by atoms with van der Waals surface area (Å²) in [6.45, 7) is 9.28. The smallest absolute Gasteiger partial charge is 0.185 e. The van der Waals surface area contributed by atoms with E-state index in [9.17, 15) is 0 Å². The van der Waals surface area contributed by atoms with Crippen molar-refractivity contribution in [2.45, 2.75) is 58.9 Å². The van der Waals surface area contributed by atoms with Crippen molar-refractivity contribution in [3.8, 4) is 0 Å². The Balaban J connectivity index is 1.82. The highest BCUT2D eigenvalue weighted by atomic mass is 32.1. The molecule has 3 rings (SSSR count). The SMILES string of the molecule is CCN(CC1CCC1)c1nc2c(s1)C(NC)CC(C)(C)C2. The maximum absolute atomic E-state index is 5.03. The molecule has 1 heterocycles. The van der Waals surface area contributed by atoms with Crippen LogP contribution in [0.5, 0.6) is 0 Å². The van der Waals surface area contributed by atoms with Crippen molar-refractivity contribution >= 4 is 16.5 Å². The van der Waals surface area contributed by atoms with Crippen molar-refractivity contribution in [1.29, 1.82) is 0 Å². The molecule has 0 aliphatic heterocycles. The summed E-state index contributed by atoms with van der Waals surface area (Å²) >= 11 is 1.93. The molecule has 0 amide bonds. The van der Waals surface area contributed by atoms with Crippen LogP contribution in [-0.4, -0.2) is 25.1 Å². The molecule has 1 unspecified atom stereocenters. The second-order valence-corrected chi connectivity index (χ2v) is 8.54. The molecule has 4 heteroatoms. The van der Waals surface area contributed by atoms with Gasteiger partial charge in [-0.25, -0.2) is 4.98 Å². The molecule has 0 spiro atoms.